The van der Waals surface area contributed by atoms with E-state index in [1.165, 1.54) is 16.0 Å². The van der Waals surface area contributed by atoms with E-state index in [0.717, 1.165) is 5.69 Å². The predicted molar refractivity (Wildman–Crippen MR) is 132 cm³/mol. The summed E-state index contributed by atoms with van der Waals surface area (Å²) in [6.45, 7) is 13.4. The summed E-state index contributed by atoms with van der Waals surface area (Å²) in [5.41, 5.74) is 1.47. The SMILES string of the molecule is CC.COC(=O)c1cc(N2CCN(C(=O)OC(C)(C)C)C(C)C2)ccc1C#CSI. The zero-order chi connectivity index (χ0) is 22.9. The standard InChI is InChI=1S/C20H25IN2O4S.C2H6/c1-14-13-22(9-10-23(14)19(25)27-20(2,3)4)16-7-6-15(8-11-28-21)17(12-16)18(24)26-5;1-2/h6-7,12,14H,9-10,13H2,1-5H3;1-2H3. The number of carbonyl (C=O) groups is 2. The van der Waals surface area contributed by atoms with E-state index in [1.807, 2.05) is 59.7 Å². The maximum atomic E-state index is 12.4. The summed E-state index contributed by atoms with van der Waals surface area (Å²) in [6.07, 6.45) is -0.295. The number of halogens is 1. The van der Waals surface area contributed by atoms with Gasteiger partial charge in [0.25, 0.3) is 0 Å². The lowest BCUT2D eigenvalue weighted by molar-refractivity contribution is 0.0159. The minimum absolute atomic E-state index is 0.0138. The van der Waals surface area contributed by atoms with Crippen LogP contribution in [-0.2, 0) is 9.47 Å². The molecular formula is C22H31IN2O4S. The van der Waals surface area contributed by atoms with Gasteiger partial charge >= 0.3 is 12.1 Å². The van der Waals surface area contributed by atoms with Gasteiger partial charge in [0, 0.05) is 58.1 Å². The molecule has 1 atom stereocenters. The Bertz CT molecular complexity index is 799. The number of carbonyl (C=O) groups excluding carboxylic acids is 2. The average Bonchev–Trinajstić information content (AvgIpc) is 2.71. The highest BCUT2D eigenvalue weighted by Gasteiger charge is 2.31. The number of rotatable bonds is 2. The molecule has 1 amide bonds. The second-order valence-corrected chi connectivity index (χ2v) is 9.17. The summed E-state index contributed by atoms with van der Waals surface area (Å²) < 4.78 is 10.4. The zero-order valence-electron chi connectivity index (χ0n) is 18.7. The maximum absolute atomic E-state index is 12.4. The molecule has 166 valence electrons. The lowest BCUT2D eigenvalue weighted by atomic mass is 10.1. The summed E-state index contributed by atoms with van der Waals surface area (Å²) in [6, 6.07) is 5.58. The lowest BCUT2D eigenvalue weighted by Crippen LogP contribution is -2.55. The normalized spacial score (nSPS) is 15.9. The minimum atomic E-state index is -0.517. The smallest absolute Gasteiger partial charge is 0.410 e. The molecule has 1 aliphatic rings. The summed E-state index contributed by atoms with van der Waals surface area (Å²) in [4.78, 5) is 28.5. The molecule has 1 heterocycles. The maximum Gasteiger partial charge on any atom is 0.410 e. The molecule has 1 saturated heterocycles. The number of hydrogen-bond acceptors (Lipinski definition) is 6. The first-order valence-corrected chi connectivity index (χ1v) is 13.3. The monoisotopic (exact) mass is 546 g/mol. The van der Waals surface area contributed by atoms with Gasteiger partial charge in [-0.2, -0.15) is 0 Å². The van der Waals surface area contributed by atoms with Crippen molar-refractivity contribution in [1.82, 2.24) is 4.90 Å². The molecule has 0 radical (unpaired) electrons. The van der Waals surface area contributed by atoms with Gasteiger partial charge in [-0.3, -0.25) is 0 Å². The Morgan fingerprint density at radius 3 is 2.43 bits per heavy atom. The van der Waals surface area contributed by atoms with Crippen LogP contribution >= 0.6 is 30.1 Å². The molecule has 0 bridgehead atoms. The van der Waals surface area contributed by atoms with Crippen molar-refractivity contribution in [3.8, 4) is 11.2 Å². The number of ether oxygens (including phenoxy) is 2. The second-order valence-electron chi connectivity index (χ2n) is 7.49. The number of anilines is 1. The van der Waals surface area contributed by atoms with E-state index < -0.39 is 11.6 Å². The first-order chi connectivity index (χ1) is 14.2. The fourth-order valence-electron chi connectivity index (χ4n) is 2.97. The highest BCUT2D eigenvalue weighted by atomic mass is 127. The lowest BCUT2D eigenvalue weighted by Gasteiger charge is -2.41. The summed E-state index contributed by atoms with van der Waals surface area (Å²) >= 11 is 2.09. The van der Waals surface area contributed by atoms with Crippen LogP contribution in [0.3, 0.4) is 0 Å². The van der Waals surface area contributed by atoms with Crippen LogP contribution in [-0.4, -0.2) is 55.3 Å². The van der Waals surface area contributed by atoms with E-state index in [2.05, 4.69) is 37.3 Å². The second kappa shape index (κ2) is 12.3. The van der Waals surface area contributed by atoms with E-state index in [1.54, 1.807) is 4.90 Å². The number of benzene rings is 1. The van der Waals surface area contributed by atoms with Crippen molar-refractivity contribution in [2.45, 2.75) is 53.2 Å². The molecule has 1 aromatic rings. The van der Waals surface area contributed by atoms with Gasteiger partial charge in [-0.05, 0) is 60.1 Å². The molecule has 0 saturated carbocycles. The molecule has 0 N–H and O–H groups in total. The highest BCUT2D eigenvalue weighted by molar-refractivity contribution is 14.2. The third kappa shape index (κ3) is 7.58. The fraction of sp³-hybridized carbons (Fsp3) is 0.545. The third-order valence-electron chi connectivity index (χ3n) is 4.25. The van der Waals surface area contributed by atoms with Crippen molar-refractivity contribution in [2.75, 3.05) is 31.6 Å². The Morgan fingerprint density at radius 2 is 1.90 bits per heavy atom. The van der Waals surface area contributed by atoms with Gasteiger partial charge in [-0.1, -0.05) is 19.8 Å². The highest BCUT2D eigenvalue weighted by Crippen LogP contribution is 2.24. The minimum Gasteiger partial charge on any atom is -0.465 e. The van der Waals surface area contributed by atoms with Crippen molar-refractivity contribution >= 4 is 47.9 Å². The van der Waals surface area contributed by atoms with Crippen molar-refractivity contribution in [3.05, 3.63) is 29.3 Å². The van der Waals surface area contributed by atoms with Crippen LogP contribution in [0.1, 0.15) is 57.5 Å². The number of hydrogen-bond donors (Lipinski definition) is 0. The number of piperazine rings is 1. The van der Waals surface area contributed by atoms with Gasteiger partial charge in [0.1, 0.15) is 5.60 Å². The number of amides is 1. The van der Waals surface area contributed by atoms with E-state index >= 15 is 0 Å². The van der Waals surface area contributed by atoms with Gasteiger partial charge in [-0.15, -0.1) is 0 Å². The summed E-state index contributed by atoms with van der Waals surface area (Å²) in [5, 5.41) is 2.90. The van der Waals surface area contributed by atoms with Crippen LogP contribution in [0, 0.1) is 11.2 Å². The molecule has 0 aromatic heterocycles. The summed E-state index contributed by atoms with van der Waals surface area (Å²) in [7, 11) is 2.72. The topological polar surface area (TPSA) is 59.1 Å². The Balaban J connectivity index is 0.00000218. The molecule has 0 aliphatic carbocycles. The molecule has 1 aliphatic heterocycles. The van der Waals surface area contributed by atoms with E-state index in [-0.39, 0.29) is 12.1 Å². The van der Waals surface area contributed by atoms with Crippen molar-refractivity contribution in [1.29, 1.82) is 0 Å². The van der Waals surface area contributed by atoms with Crippen LogP contribution in [0.15, 0.2) is 18.2 Å². The Morgan fingerprint density at radius 1 is 1.23 bits per heavy atom. The van der Waals surface area contributed by atoms with Crippen LogP contribution in [0.2, 0.25) is 0 Å². The van der Waals surface area contributed by atoms with Gasteiger partial charge in [0.05, 0.1) is 12.7 Å². The van der Waals surface area contributed by atoms with Crippen LogP contribution in [0.4, 0.5) is 10.5 Å². The molecule has 30 heavy (non-hydrogen) atoms. The number of esters is 1. The van der Waals surface area contributed by atoms with Crippen molar-refractivity contribution in [3.63, 3.8) is 0 Å². The van der Waals surface area contributed by atoms with Crippen LogP contribution in [0.25, 0.3) is 0 Å². The van der Waals surface area contributed by atoms with Crippen molar-refractivity contribution < 1.29 is 19.1 Å². The van der Waals surface area contributed by atoms with E-state index in [4.69, 9.17) is 9.47 Å². The molecule has 1 aromatic carbocycles. The van der Waals surface area contributed by atoms with Crippen LogP contribution < -0.4 is 4.90 Å². The molecule has 1 fully saturated rings. The number of nitrogens with zero attached hydrogens (tertiary/aromatic N) is 2. The Kier molecular flexibility index (Phi) is 10.8. The van der Waals surface area contributed by atoms with Crippen molar-refractivity contribution in [2.24, 2.45) is 0 Å². The third-order valence-corrected chi connectivity index (χ3v) is 5.09. The van der Waals surface area contributed by atoms with E-state index in [0.29, 0.717) is 30.8 Å². The largest absolute Gasteiger partial charge is 0.465 e. The molecule has 0 spiro atoms. The molecular weight excluding hydrogens is 515 g/mol. The van der Waals surface area contributed by atoms with Gasteiger partial charge < -0.3 is 19.3 Å². The molecule has 6 nitrogen and oxygen atoms in total. The molecule has 1 unspecified atom stereocenters. The van der Waals surface area contributed by atoms with Gasteiger partial charge in [0.2, 0.25) is 0 Å². The predicted octanol–water partition coefficient (Wildman–Crippen LogP) is 5.34. The van der Waals surface area contributed by atoms with Crippen LogP contribution in [0.5, 0.6) is 0 Å². The zero-order valence-corrected chi connectivity index (χ0v) is 21.7. The first kappa shape index (κ1) is 26.4. The van der Waals surface area contributed by atoms with E-state index in [9.17, 15) is 9.59 Å². The Hall–Kier alpha value is -1.60. The van der Waals surface area contributed by atoms with Gasteiger partial charge in [-0.25, -0.2) is 9.59 Å². The molecule has 2 rings (SSSR count). The first-order valence-electron chi connectivity index (χ1n) is 9.92. The fourth-order valence-corrected chi connectivity index (χ4v) is 3.45. The Labute approximate surface area is 196 Å². The quantitative estimate of drug-likeness (QED) is 0.284. The average molecular weight is 546 g/mol. The molecule has 8 heteroatoms. The summed E-state index contributed by atoms with van der Waals surface area (Å²) in [5.74, 6) is 2.57. The van der Waals surface area contributed by atoms with Gasteiger partial charge in [0.15, 0.2) is 0 Å². The number of methoxy groups -OCH3 is 1.